The summed E-state index contributed by atoms with van der Waals surface area (Å²) in [5, 5.41) is 9.58. The van der Waals surface area contributed by atoms with E-state index < -0.39 is 18.2 Å². The van der Waals surface area contributed by atoms with Crippen LogP contribution < -0.4 is 0 Å². The van der Waals surface area contributed by atoms with Crippen molar-refractivity contribution < 1.29 is 24.2 Å². The van der Waals surface area contributed by atoms with Crippen LogP contribution in [0.1, 0.15) is 71.1 Å². The van der Waals surface area contributed by atoms with E-state index in [-0.39, 0.29) is 0 Å². The summed E-state index contributed by atoms with van der Waals surface area (Å²) in [5.74, 6) is -1.02. The third kappa shape index (κ3) is 7.77. The second-order valence-corrected chi connectivity index (χ2v) is 6.17. The van der Waals surface area contributed by atoms with Gasteiger partial charge in [0, 0.05) is 17.2 Å². The van der Waals surface area contributed by atoms with E-state index in [0.717, 1.165) is 19.3 Å². The number of hydrogen-bond donors (Lipinski definition) is 1. The number of aliphatic hydroxyl groups is 1. The molecule has 0 radical (unpaired) electrons. The maximum atomic E-state index is 11.8. The quantitative estimate of drug-likeness (QED) is 0.333. The predicted molar refractivity (Wildman–Crippen MR) is 92.1 cm³/mol. The zero-order valence-corrected chi connectivity index (χ0v) is 14.9. The minimum atomic E-state index is -1.29. The summed E-state index contributed by atoms with van der Waals surface area (Å²) in [6.07, 6.45) is 12.8. The highest BCUT2D eigenvalue weighted by Crippen LogP contribution is 2.20. The molecule has 0 aliphatic carbocycles. The number of hydrogen-bond acceptors (Lipinski definition) is 5. The predicted octanol–water partition coefficient (Wildman–Crippen LogP) is 3.81. The van der Waals surface area contributed by atoms with Crippen molar-refractivity contribution in [1.82, 2.24) is 0 Å². The van der Waals surface area contributed by atoms with Crippen molar-refractivity contribution >= 4 is 11.9 Å². The molecule has 0 aromatic carbocycles. The van der Waals surface area contributed by atoms with E-state index in [0.29, 0.717) is 17.6 Å². The molecule has 1 heterocycles. The molecule has 136 valence electrons. The topological polar surface area (TPSA) is 72.8 Å². The van der Waals surface area contributed by atoms with Gasteiger partial charge in [0.2, 0.25) is 6.29 Å². The molecular weight excluding hydrogens is 308 g/mol. The smallest absolute Gasteiger partial charge is 0.333 e. The van der Waals surface area contributed by atoms with Crippen LogP contribution in [0.25, 0.3) is 0 Å². The SMILES string of the molecule is CCCCCCCCCCCC(=CC1=CC(=O)OC1O)C(=O)OC. The first-order chi connectivity index (χ1) is 11.6. The molecule has 1 unspecified atom stereocenters. The molecule has 1 aliphatic heterocycles. The average Bonchev–Trinajstić information content (AvgIpc) is 2.88. The minimum absolute atomic E-state index is 0.302. The fourth-order valence-corrected chi connectivity index (χ4v) is 2.72. The van der Waals surface area contributed by atoms with Gasteiger partial charge in [-0.25, -0.2) is 9.59 Å². The van der Waals surface area contributed by atoms with Crippen molar-refractivity contribution in [1.29, 1.82) is 0 Å². The first-order valence-electron chi connectivity index (χ1n) is 8.97. The molecule has 1 atom stereocenters. The third-order valence-corrected chi connectivity index (χ3v) is 4.14. The number of ether oxygens (including phenoxy) is 2. The number of rotatable bonds is 12. The van der Waals surface area contributed by atoms with E-state index in [1.54, 1.807) is 0 Å². The van der Waals surface area contributed by atoms with E-state index in [2.05, 4.69) is 11.7 Å². The van der Waals surface area contributed by atoms with E-state index in [4.69, 9.17) is 4.74 Å². The van der Waals surface area contributed by atoms with Gasteiger partial charge in [0.25, 0.3) is 0 Å². The number of unbranched alkanes of at least 4 members (excludes halogenated alkanes) is 8. The second kappa shape index (κ2) is 11.8. The molecule has 0 aromatic rings. The molecule has 1 rings (SSSR count). The van der Waals surface area contributed by atoms with E-state index in [1.165, 1.54) is 57.8 Å². The summed E-state index contributed by atoms with van der Waals surface area (Å²) >= 11 is 0. The molecule has 24 heavy (non-hydrogen) atoms. The van der Waals surface area contributed by atoms with Crippen molar-refractivity contribution in [2.45, 2.75) is 77.4 Å². The Bertz CT molecular complexity index is 464. The van der Waals surface area contributed by atoms with Gasteiger partial charge in [-0.3, -0.25) is 0 Å². The normalized spacial score (nSPS) is 17.6. The number of carbonyl (C=O) groups excluding carboxylic acids is 2. The van der Waals surface area contributed by atoms with Gasteiger partial charge in [0.1, 0.15) is 0 Å². The largest absolute Gasteiger partial charge is 0.466 e. The third-order valence-electron chi connectivity index (χ3n) is 4.14. The molecular formula is C19H30O5. The highest BCUT2D eigenvalue weighted by molar-refractivity contribution is 5.91. The summed E-state index contributed by atoms with van der Waals surface area (Å²) in [4.78, 5) is 22.9. The molecule has 5 heteroatoms. The Morgan fingerprint density at radius 3 is 2.25 bits per heavy atom. The Balaban J connectivity index is 2.33. The lowest BCUT2D eigenvalue weighted by Crippen LogP contribution is -2.11. The molecule has 0 bridgehead atoms. The maximum absolute atomic E-state index is 11.8. The van der Waals surface area contributed by atoms with Crippen LogP contribution >= 0.6 is 0 Å². The molecule has 0 aromatic heterocycles. The zero-order valence-electron chi connectivity index (χ0n) is 14.9. The summed E-state index contributed by atoms with van der Waals surface area (Å²) in [6, 6.07) is 0. The van der Waals surface area contributed by atoms with E-state index in [9.17, 15) is 14.7 Å². The summed E-state index contributed by atoms with van der Waals surface area (Å²) in [7, 11) is 1.33. The zero-order chi connectivity index (χ0) is 17.8. The molecule has 0 spiro atoms. The van der Waals surface area contributed by atoms with E-state index in [1.807, 2.05) is 0 Å². The fraction of sp³-hybridized carbons (Fsp3) is 0.684. The molecule has 0 saturated heterocycles. The lowest BCUT2D eigenvalue weighted by atomic mass is 10.0. The number of esters is 2. The van der Waals surface area contributed by atoms with Crippen LogP contribution in [0, 0.1) is 0 Å². The van der Waals surface area contributed by atoms with E-state index >= 15 is 0 Å². The number of cyclic esters (lactones) is 1. The van der Waals surface area contributed by atoms with Crippen molar-refractivity contribution in [2.75, 3.05) is 7.11 Å². The molecule has 0 fully saturated rings. The number of aliphatic hydroxyl groups excluding tert-OH is 1. The van der Waals surface area contributed by atoms with Gasteiger partial charge in [-0.15, -0.1) is 0 Å². The van der Waals surface area contributed by atoms with Crippen LogP contribution in [0.5, 0.6) is 0 Å². The van der Waals surface area contributed by atoms with Crippen molar-refractivity contribution in [3.05, 3.63) is 23.3 Å². The Kier molecular flexibility index (Phi) is 10.1. The number of methoxy groups -OCH3 is 1. The molecule has 1 aliphatic rings. The van der Waals surface area contributed by atoms with Crippen molar-refractivity contribution in [3.8, 4) is 0 Å². The standard InChI is InChI=1S/C19H30O5/c1-3-4-5-6-7-8-9-10-11-12-15(18(21)23-2)13-16-14-17(20)24-19(16)22/h13-14,19,22H,3-12H2,1-2H3. The Morgan fingerprint density at radius 2 is 1.75 bits per heavy atom. The highest BCUT2D eigenvalue weighted by Gasteiger charge is 2.23. The van der Waals surface area contributed by atoms with Crippen molar-refractivity contribution in [3.63, 3.8) is 0 Å². The first kappa shape index (κ1) is 20.4. The van der Waals surface area contributed by atoms with Gasteiger partial charge >= 0.3 is 11.9 Å². The van der Waals surface area contributed by atoms with Crippen LogP contribution in [0.3, 0.4) is 0 Å². The van der Waals surface area contributed by atoms with Crippen LogP contribution in [-0.2, 0) is 19.1 Å². The van der Waals surface area contributed by atoms with Gasteiger partial charge < -0.3 is 14.6 Å². The van der Waals surface area contributed by atoms with Gasteiger partial charge in [-0.1, -0.05) is 58.3 Å². The molecule has 0 saturated carbocycles. The molecule has 0 amide bonds. The van der Waals surface area contributed by atoms with Gasteiger partial charge in [0.05, 0.1) is 7.11 Å². The molecule has 1 N–H and O–H groups in total. The lowest BCUT2D eigenvalue weighted by Gasteiger charge is -2.08. The number of carbonyl (C=O) groups is 2. The van der Waals surface area contributed by atoms with Gasteiger partial charge in [-0.2, -0.15) is 0 Å². The lowest BCUT2D eigenvalue weighted by molar-refractivity contribution is -0.150. The average molecular weight is 338 g/mol. The van der Waals surface area contributed by atoms with Crippen molar-refractivity contribution in [2.24, 2.45) is 0 Å². The van der Waals surface area contributed by atoms with Crippen LogP contribution in [0.15, 0.2) is 23.3 Å². The Hall–Kier alpha value is -1.62. The summed E-state index contributed by atoms with van der Waals surface area (Å²) in [6.45, 7) is 2.22. The minimum Gasteiger partial charge on any atom is -0.466 e. The van der Waals surface area contributed by atoms with Crippen LogP contribution in [-0.4, -0.2) is 30.4 Å². The monoisotopic (exact) mass is 338 g/mol. The summed E-state index contributed by atoms with van der Waals surface area (Å²) < 4.78 is 9.39. The van der Waals surface area contributed by atoms with Crippen LogP contribution in [0.2, 0.25) is 0 Å². The Labute approximate surface area is 144 Å². The first-order valence-corrected chi connectivity index (χ1v) is 8.97. The maximum Gasteiger partial charge on any atom is 0.333 e. The molecule has 5 nitrogen and oxygen atoms in total. The van der Waals surface area contributed by atoms with Gasteiger partial charge in [-0.05, 0) is 18.9 Å². The highest BCUT2D eigenvalue weighted by atomic mass is 16.6. The van der Waals surface area contributed by atoms with Gasteiger partial charge in [0.15, 0.2) is 0 Å². The Morgan fingerprint density at radius 1 is 1.17 bits per heavy atom. The summed E-state index contributed by atoms with van der Waals surface area (Å²) in [5.41, 5.74) is 0.764. The fourth-order valence-electron chi connectivity index (χ4n) is 2.72. The van der Waals surface area contributed by atoms with Crippen LogP contribution in [0.4, 0.5) is 0 Å². The second-order valence-electron chi connectivity index (χ2n) is 6.17.